The van der Waals surface area contributed by atoms with Crippen molar-refractivity contribution in [3.63, 3.8) is 0 Å². The molecule has 0 heterocycles. The molecule has 0 spiro atoms. The molecule has 0 amide bonds. The molecule has 15 heavy (non-hydrogen) atoms. The molecule has 1 aromatic rings. The van der Waals surface area contributed by atoms with Gasteiger partial charge in [-0.05, 0) is 36.7 Å². The van der Waals surface area contributed by atoms with Gasteiger partial charge in [0.05, 0.1) is 6.10 Å². The van der Waals surface area contributed by atoms with E-state index in [2.05, 4.69) is 26.8 Å². The zero-order chi connectivity index (χ0) is 11.3. The fourth-order valence-electron chi connectivity index (χ4n) is 1.66. The lowest BCUT2D eigenvalue weighted by Crippen LogP contribution is -2.17. The molecular formula is C12H21NOSi. The second-order valence-electron chi connectivity index (χ2n) is 3.89. The van der Waals surface area contributed by atoms with Gasteiger partial charge in [-0.3, -0.25) is 0 Å². The minimum Gasteiger partial charge on any atom is -0.413 e. The first-order valence-electron chi connectivity index (χ1n) is 5.68. The molecule has 0 aliphatic rings. The summed E-state index contributed by atoms with van der Waals surface area (Å²) in [5.41, 5.74) is 7.75. The van der Waals surface area contributed by atoms with Crippen molar-refractivity contribution in [3.8, 4) is 0 Å². The molecule has 84 valence electrons. The van der Waals surface area contributed by atoms with E-state index in [0.29, 0.717) is 0 Å². The van der Waals surface area contributed by atoms with Crippen LogP contribution < -0.4 is 5.73 Å². The number of hydrogen-bond donors (Lipinski definition) is 1. The fourth-order valence-corrected chi connectivity index (χ4v) is 3.36. The third-order valence-electron chi connectivity index (χ3n) is 2.69. The molecule has 0 saturated heterocycles. The summed E-state index contributed by atoms with van der Waals surface area (Å²) in [7, 11) is -0.976. The van der Waals surface area contributed by atoms with Gasteiger partial charge in [0.25, 0.3) is 0 Å². The molecule has 2 nitrogen and oxygen atoms in total. The van der Waals surface area contributed by atoms with Crippen molar-refractivity contribution in [1.29, 1.82) is 0 Å². The van der Waals surface area contributed by atoms with Gasteiger partial charge in [0.1, 0.15) is 0 Å². The maximum Gasteiger partial charge on any atom is 0.177 e. The predicted molar refractivity (Wildman–Crippen MR) is 68.5 cm³/mol. The Kier molecular flexibility index (Phi) is 4.85. The average molecular weight is 223 g/mol. The Balaban J connectivity index is 2.64. The van der Waals surface area contributed by atoms with Crippen molar-refractivity contribution in [1.82, 2.24) is 0 Å². The third kappa shape index (κ3) is 3.68. The summed E-state index contributed by atoms with van der Waals surface area (Å²) in [6, 6.07) is 10.4. The molecule has 1 unspecified atom stereocenters. The number of rotatable bonds is 5. The maximum absolute atomic E-state index is 6.07. The van der Waals surface area contributed by atoms with Crippen molar-refractivity contribution in [2.45, 2.75) is 39.0 Å². The van der Waals surface area contributed by atoms with Crippen LogP contribution in [0.3, 0.4) is 0 Å². The number of anilines is 1. The fraction of sp³-hybridized carbons (Fsp3) is 0.500. The topological polar surface area (TPSA) is 35.2 Å². The molecule has 0 aliphatic heterocycles. The molecule has 0 radical (unpaired) electrons. The number of nitrogens with two attached hydrogens (primary N) is 1. The molecule has 0 fully saturated rings. The molecule has 2 N–H and O–H groups in total. The molecule has 0 aliphatic carbocycles. The zero-order valence-corrected chi connectivity index (χ0v) is 11.0. The summed E-state index contributed by atoms with van der Waals surface area (Å²) >= 11 is 0. The van der Waals surface area contributed by atoms with E-state index in [4.69, 9.17) is 10.2 Å². The van der Waals surface area contributed by atoms with Crippen molar-refractivity contribution in [2.75, 3.05) is 5.73 Å². The minimum absolute atomic E-state index is 0.185. The standard InChI is InChI=1S/C12H21NOSi/c1-4-15(5-2)14-10(3)11-7-6-8-12(13)9-11/h6-10,15H,4-5,13H2,1-3H3. The van der Waals surface area contributed by atoms with E-state index in [1.807, 2.05) is 18.2 Å². The molecular weight excluding hydrogens is 202 g/mol. The quantitative estimate of drug-likeness (QED) is 0.615. The van der Waals surface area contributed by atoms with Gasteiger partial charge in [-0.15, -0.1) is 0 Å². The van der Waals surface area contributed by atoms with E-state index in [1.54, 1.807) is 0 Å². The second kappa shape index (κ2) is 5.93. The SMILES string of the molecule is CC[SiH](CC)OC(C)c1cccc(N)c1. The van der Waals surface area contributed by atoms with Crippen molar-refractivity contribution in [2.24, 2.45) is 0 Å². The van der Waals surface area contributed by atoms with E-state index < -0.39 is 9.04 Å². The van der Waals surface area contributed by atoms with Crippen molar-refractivity contribution >= 4 is 14.7 Å². The summed E-state index contributed by atoms with van der Waals surface area (Å²) < 4.78 is 6.07. The van der Waals surface area contributed by atoms with Crippen LogP contribution in [0.4, 0.5) is 5.69 Å². The van der Waals surface area contributed by atoms with Gasteiger partial charge < -0.3 is 10.2 Å². The summed E-state index contributed by atoms with van der Waals surface area (Å²) in [6.07, 6.45) is 0.185. The molecule has 1 rings (SSSR count). The van der Waals surface area contributed by atoms with E-state index in [0.717, 1.165) is 5.69 Å². The first-order valence-corrected chi connectivity index (χ1v) is 7.78. The van der Waals surface area contributed by atoms with Gasteiger partial charge in [0.2, 0.25) is 0 Å². The van der Waals surface area contributed by atoms with Gasteiger partial charge in [-0.1, -0.05) is 26.0 Å². The zero-order valence-electron chi connectivity index (χ0n) is 9.86. The smallest absolute Gasteiger partial charge is 0.177 e. The highest BCUT2D eigenvalue weighted by atomic mass is 28.3. The van der Waals surface area contributed by atoms with Crippen LogP contribution in [0.25, 0.3) is 0 Å². The van der Waals surface area contributed by atoms with Crippen LogP contribution in [0.2, 0.25) is 12.1 Å². The van der Waals surface area contributed by atoms with Crippen LogP contribution in [-0.4, -0.2) is 9.04 Å². The Hall–Kier alpha value is -0.803. The molecule has 0 bridgehead atoms. The number of hydrogen-bond acceptors (Lipinski definition) is 2. The van der Waals surface area contributed by atoms with E-state index >= 15 is 0 Å². The lowest BCUT2D eigenvalue weighted by atomic mass is 10.1. The predicted octanol–water partition coefficient (Wildman–Crippen LogP) is 3.11. The van der Waals surface area contributed by atoms with Gasteiger partial charge in [-0.25, -0.2) is 0 Å². The normalized spacial score (nSPS) is 13.1. The summed E-state index contributed by atoms with van der Waals surface area (Å²) in [6.45, 7) is 6.54. The Morgan fingerprint density at radius 2 is 2.00 bits per heavy atom. The molecule has 1 atom stereocenters. The van der Waals surface area contributed by atoms with Crippen molar-refractivity contribution in [3.05, 3.63) is 29.8 Å². The first-order chi connectivity index (χ1) is 7.17. The largest absolute Gasteiger partial charge is 0.413 e. The highest BCUT2D eigenvalue weighted by molar-refractivity contribution is 6.51. The summed E-state index contributed by atoms with van der Waals surface area (Å²) in [5.74, 6) is 0. The average Bonchev–Trinajstić information content (AvgIpc) is 2.25. The van der Waals surface area contributed by atoms with E-state index in [-0.39, 0.29) is 6.10 Å². The molecule has 0 aromatic heterocycles. The van der Waals surface area contributed by atoms with Crippen molar-refractivity contribution < 1.29 is 4.43 Å². The Bertz CT molecular complexity index is 299. The van der Waals surface area contributed by atoms with Crippen LogP contribution >= 0.6 is 0 Å². The van der Waals surface area contributed by atoms with Gasteiger partial charge in [0, 0.05) is 5.69 Å². The summed E-state index contributed by atoms with van der Waals surface area (Å²) in [5, 5.41) is 0. The Labute approximate surface area is 94.2 Å². The second-order valence-corrected chi connectivity index (χ2v) is 7.04. The lowest BCUT2D eigenvalue weighted by Gasteiger charge is -2.20. The highest BCUT2D eigenvalue weighted by Crippen LogP contribution is 2.21. The van der Waals surface area contributed by atoms with Crippen LogP contribution in [0.1, 0.15) is 32.4 Å². The summed E-state index contributed by atoms with van der Waals surface area (Å²) in [4.78, 5) is 0. The monoisotopic (exact) mass is 223 g/mol. The number of benzene rings is 1. The number of nitrogen functional groups attached to an aromatic ring is 1. The van der Waals surface area contributed by atoms with Crippen LogP contribution in [-0.2, 0) is 4.43 Å². The molecule has 1 aromatic carbocycles. The molecule has 0 saturated carbocycles. The maximum atomic E-state index is 6.07. The molecule has 3 heteroatoms. The lowest BCUT2D eigenvalue weighted by molar-refractivity contribution is 0.226. The van der Waals surface area contributed by atoms with E-state index in [9.17, 15) is 0 Å². The van der Waals surface area contributed by atoms with Crippen LogP contribution in [0.5, 0.6) is 0 Å². The minimum atomic E-state index is -0.976. The van der Waals surface area contributed by atoms with E-state index in [1.165, 1.54) is 17.7 Å². The van der Waals surface area contributed by atoms with Crippen LogP contribution in [0.15, 0.2) is 24.3 Å². The van der Waals surface area contributed by atoms with Gasteiger partial charge >= 0.3 is 0 Å². The third-order valence-corrected chi connectivity index (χ3v) is 5.30. The Morgan fingerprint density at radius 1 is 1.33 bits per heavy atom. The first kappa shape index (κ1) is 12.3. The highest BCUT2D eigenvalue weighted by Gasteiger charge is 2.12. The van der Waals surface area contributed by atoms with Crippen LogP contribution in [0, 0.1) is 0 Å². The van der Waals surface area contributed by atoms with Gasteiger partial charge in [-0.2, -0.15) is 0 Å². The Morgan fingerprint density at radius 3 is 2.53 bits per heavy atom. The van der Waals surface area contributed by atoms with Gasteiger partial charge in [0.15, 0.2) is 9.04 Å².